The highest BCUT2D eigenvalue weighted by Gasteiger charge is 2.38. The van der Waals surface area contributed by atoms with E-state index in [4.69, 9.17) is 18.5 Å². The summed E-state index contributed by atoms with van der Waals surface area (Å²) in [6, 6.07) is 5.10. The Balaban J connectivity index is 1.43. The molecule has 1 aliphatic heterocycles. The van der Waals surface area contributed by atoms with E-state index in [2.05, 4.69) is 10.1 Å². The van der Waals surface area contributed by atoms with Crippen LogP contribution in [0.25, 0.3) is 0 Å². The quantitative estimate of drug-likeness (QED) is 0.333. The average Bonchev–Trinajstić information content (AvgIpc) is 3.25. The largest absolute Gasteiger partial charge is 0.461 e. The first-order valence-corrected chi connectivity index (χ1v) is 14.3. The molecule has 0 amide bonds. The summed E-state index contributed by atoms with van der Waals surface area (Å²) in [7, 11) is -4.17. The molecule has 2 heterocycles. The summed E-state index contributed by atoms with van der Waals surface area (Å²) in [6.45, 7) is 3.19. The summed E-state index contributed by atoms with van der Waals surface area (Å²) in [4.78, 5) is 38.5. The molecule has 5 atom stereocenters. The number of esters is 1. The Morgan fingerprint density at radius 3 is 2.61 bits per heavy atom. The second kappa shape index (κ2) is 12.4. The first kappa shape index (κ1) is 28.2. The molecule has 0 bridgehead atoms. The molecule has 2 aromatic rings. The minimum Gasteiger partial charge on any atom is -0.461 e. The van der Waals surface area contributed by atoms with E-state index in [-0.39, 0.29) is 24.4 Å². The fraction of sp³-hybridized carbons (Fsp3) is 0.560. The smallest absolute Gasteiger partial charge is 0.459 e. The van der Waals surface area contributed by atoms with E-state index in [1.165, 1.54) is 35.9 Å². The van der Waals surface area contributed by atoms with Crippen molar-refractivity contribution in [1.82, 2.24) is 14.6 Å². The highest BCUT2D eigenvalue weighted by atomic mass is 31.2. The average molecular weight is 554 g/mol. The maximum absolute atomic E-state index is 13.7. The number of hydrogen-bond acceptors (Lipinski definition) is 8. The van der Waals surface area contributed by atoms with Crippen molar-refractivity contribution in [3.8, 4) is 5.75 Å². The third-order valence-electron chi connectivity index (χ3n) is 6.59. The zero-order valence-corrected chi connectivity index (χ0v) is 22.2. The van der Waals surface area contributed by atoms with Crippen LogP contribution in [-0.4, -0.2) is 40.4 Å². The van der Waals surface area contributed by atoms with E-state index in [0.717, 1.165) is 44.2 Å². The van der Waals surface area contributed by atoms with Crippen LogP contribution in [0.2, 0.25) is 0 Å². The topological polar surface area (TPSA) is 138 Å². The molecule has 38 heavy (non-hydrogen) atoms. The zero-order valence-electron chi connectivity index (χ0n) is 21.3. The van der Waals surface area contributed by atoms with Gasteiger partial charge in [0.25, 0.3) is 5.56 Å². The molecule has 1 saturated carbocycles. The van der Waals surface area contributed by atoms with Gasteiger partial charge in [0.15, 0.2) is 0 Å². The fourth-order valence-corrected chi connectivity index (χ4v) is 6.16. The molecular weight excluding hydrogens is 520 g/mol. The lowest BCUT2D eigenvalue weighted by Gasteiger charge is -2.26. The summed E-state index contributed by atoms with van der Waals surface area (Å²) in [5.41, 5.74) is -1.12. The van der Waals surface area contributed by atoms with Crippen molar-refractivity contribution in [2.24, 2.45) is 5.92 Å². The number of nitrogens with one attached hydrogen (secondary N) is 2. The molecule has 2 unspecified atom stereocenters. The Morgan fingerprint density at radius 2 is 1.92 bits per heavy atom. The number of rotatable bonds is 10. The van der Waals surface area contributed by atoms with Gasteiger partial charge >= 0.3 is 19.4 Å². The van der Waals surface area contributed by atoms with Gasteiger partial charge in [-0.15, -0.1) is 0 Å². The lowest BCUT2D eigenvalue weighted by molar-refractivity contribution is -0.152. The minimum atomic E-state index is -4.17. The fourth-order valence-electron chi connectivity index (χ4n) is 4.64. The maximum atomic E-state index is 13.7. The van der Waals surface area contributed by atoms with Gasteiger partial charge in [-0.25, -0.2) is 13.8 Å². The normalized spacial score (nSPS) is 24.4. The maximum Gasteiger partial charge on any atom is 0.459 e. The molecule has 11 nitrogen and oxygen atoms in total. The van der Waals surface area contributed by atoms with E-state index >= 15 is 0 Å². The molecular formula is C25H33FN3O8P. The first-order chi connectivity index (χ1) is 18.1. The molecule has 1 saturated heterocycles. The lowest BCUT2D eigenvalue weighted by atomic mass is 9.98. The van der Waals surface area contributed by atoms with Crippen molar-refractivity contribution in [1.29, 1.82) is 0 Å². The van der Waals surface area contributed by atoms with Crippen molar-refractivity contribution in [3.63, 3.8) is 0 Å². The molecule has 4 rings (SSSR count). The van der Waals surface area contributed by atoms with Crippen molar-refractivity contribution < 1.29 is 32.3 Å². The molecule has 0 radical (unpaired) electrons. The van der Waals surface area contributed by atoms with E-state index in [0.29, 0.717) is 6.42 Å². The minimum absolute atomic E-state index is 0.0773. The Kier molecular flexibility index (Phi) is 9.19. The summed E-state index contributed by atoms with van der Waals surface area (Å²) in [5.74, 6) is -1.12. The number of aromatic amines is 1. The Hall–Kier alpha value is -2.79. The van der Waals surface area contributed by atoms with Crippen LogP contribution in [0.5, 0.6) is 5.75 Å². The summed E-state index contributed by atoms with van der Waals surface area (Å²) in [5, 5.41) is 2.63. The summed E-state index contributed by atoms with van der Waals surface area (Å²) >= 11 is 0. The van der Waals surface area contributed by atoms with Gasteiger partial charge < -0.3 is 14.0 Å². The number of benzene rings is 1. The zero-order chi connectivity index (χ0) is 27.3. The number of hydrogen-bond donors (Lipinski definition) is 2. The van der Waals surface area contributed by atoms with Crippen molar-refractivity contribution in [2.75, 3.05) is 6.61 Å². The third-order valence-corrected chi connectivity index (χ3v) is 8.23. The summed E-state index contributed by atoms with van der Waals surface area (Å²) in [6.07, 6.45) is 5.07. The third kappa shape index (κ3) is 7.41. The Bertz CT molecular complexity index is 1260. The van der Waals surface area contributed by atoms with Gasteiger partial charge in [0.05, 0.1) is 12.7 Å². The first-order valence-electron chi connectivity index (χ1n) is 12.8. The number of carbonyl (C=O) groups is 1. The van der Waals surface area contributed by atoms with Crippen LogP contribution >= 0.6 is 7.75 Å². The second-order valence-electron chi connectivity index (χ2n) is 9.77. The molecule has 208 valence electrons. The SMILES string of the molecule is CC1C[C@@H](COP(=O)(N[C@@H](C)C(=O)OC2CCCCC2)Oc2ccc(F)cc2)O[C@H]1n1ccc(=O)[nH]c1=O. The molecule has 0 spiro atoms. The molecule has 2 aliphatic rings. The number of H-pyrrole nitrogens is 1. The van der Waals surface area contributed by atoms with E-state index in [1.54, 1.807) is 0 Å². The van der Waals surface area contributed by atoms with Gasteiger partial charge in [0.1, 0.15) is 29.9 Å². The molecule has 2 N–H and O–H groups in total. The van der Waals surface area contributed by atoms with Gasteiger partial charge in [-0.05, 0) is 63.3 Å². The van der Waals surface area contributed by atoms with E-state index in [1.807, 2.05) is 6.92 Å². The van der Waals surface area contributed by atoms with E-state index < -0.39 is 49.2 Å². The monoisotopic (exact) mass is 553 g/mol. The van der Waals surface area contributed by atoms with Crippen LogP contribution < -0.4 is 20.9 Å². The van der Waals surface area contributed by atoms with E-state index in [9.17, 15) is 23.3 Å². The highest BCUT2D eigenvalue weighted by Crippen LogP contribution is 2.46. The van der Waals surface area contributed by atoms with Crippen LogP contribution in [0.15, 0.2) is 46.1 Å². The van der Waals surface area contributed by atoms with Crippen molar-refractivity contribution >= 4 is 13.7 Å². The van der Waals surface area contributed by atoms with Gasteiger partial charge in [0, 0.05) is 18.2 Å². The molecule has 1 aromatic carbocycles. The van der Waals surface area contributed by atoms with Crippen LogP contribution in [-0.2, 0) is 23.4 Å². The molecule has 2 fully saturated rings. The van der Waals surface area contributed by atoms with Crippen molar-refractivity contribution in [2.45, 2.75) is 76.9 Å². The van der Waals surface area contributed by atoms with Gasteiger partial charge in [-0.2, -0.15) is 5.09 Å². The van der Waals surface area contributed by atoms with Gasteiger partial charge in [-0.3, -0.25) is 23.7 Å². The predicted octanol–water partition coefficient (Wildman–Crippen LogP) is 3.66. The second-order valence-corrected chi connectivity index (χ2v) is 11.5. The Labute approximate surface area is 219 Å². The number of halogens is 1. The molecule has 1 aromatic heterocycles. The molecule has 13 heteroatoms. The standard InChI is InChI=1S/C25H33FN3O8P/c1-16-14-21(35-23(16)29-13-12-22(30)27-25(29)32)15-34-38(33,37-20-10-8-18(26)9-11-20)28-17(2)24(31)36-19-6-4-3-5-7-19/h8-13,16-17,19,21,23H,3-7,14-15H2,1-2H3,(H,28,33)(H,27,30,32)/t16?,17-,21-,23+,38?/m0/s1. The summed E-state index contributed by atoms with van der Waals surface area (Å²) < 4.78 is 51.2. The molecule has 1 aliphatic carbocycles. The van der Waals surface area contributed by atoms with Crippen LogP contribution in [0.1, 0.15) is 58.6 Å². The number of aromatic nitrogens is 2. The van der Waals surface area contributed by atoms with Gasteiger partial charge in [-0.1, -0.05) is 13.3 Å². The van der Waals surface area contributed by atoms with Crippen LogP contribution in [0, 0.1) is 11.7 Å². The number of ether oxygens (including phenoxy) is 2. The lowest BCUT2D eigenvalue weighted by Crippen LogP contribution is -2.38. The van der Waals surface area contributed by atoms with Crippen LogP contribution in [0.4, 0.5) is 4.39 Å². The van der Waals surface area contributed by atoms with Crippen LogP contribution in [0.3, 0.4) is 0 Å². The Morgan fingerprint density at radius 1 is 1.21 bits per heavy atom. The van der Waals surface area contributed by atoms with Crippen molar-refractivity contribution in [3.05, 3.63) is 63.2 Å². The van der Waals surface area contributed by atoms with Gasteiger partial charge in [0.2, 0.25) is 0 Å². The predicted molar refractivity (Wildman–Crippen MR) is 135 cm³/mol. The number of carbonyl (C=O) groups excluding carboxylic acids is 1. The number of nitrogens with zero attached hydrogens (tertiary/aromatic N) is 1. The highest BCUT2D eigenvalue weighted by molar-refractivity contribution is 7.52.